The summed E-state index contributed by atoms with van der Waals surface area (Å²) in [6.07, 6.45) is 19.9. The maximum absolute atomic E-state index is 2.55. The predicted molar refractivity (Wildman–Crippen MR) is 182 cm³/mol. The molecular formula is C42H48. The van der Waals surface area contributed by atoms with Crippen molar-refractivity contribution in [2.75, 3.05) is 0 Å². The fourth-order valence-corrected chi connectivity index (χ4v) is 7.48. The number of benzene rings is 3. The molecule has 0 bridgehead atoms. The van der Waals surface area contributed by atoms with Gasteiger partial charge in [-0.25, -0.2) is 0 Å². The SMILES string of the molecule is CC(C)(C)c1ccc2c(c1)C(C(C)(CC/C=C/CC1=CCc3ccccc31)C1=CCC=C1)c1cc(C(C)(C)C)ccc1-2. The van der Waals surface area contributed by atoms with Crippen molar-refractivity contribution >= 4 is 5.57 Å². The minimum absolute atomic E-state index is 0.00355. The molecule has 1 unspecified atom stereocenters. The molecule has 3 aromatic carbocycles. The van der Waals surface area contributed by atoms with Crippen LogP contribution >= 0.6 is 0 Å². The minimum atomic E-state index is 0.00355. The number of allylic oxidation sites excluding steroid dienone is 8. The van der Waals surface area contributed by atoms with Crippen LogP contribution in [0.15, 0.2) is 103 Å². The van der Waals surface area contributed by atoms with E-state index in [4.69, 9.17) is 0 Å². The highest BCUT2D eigenvalue weighted by atomic mass is 14.5. The molecule has 216 valence electrons. The second kappa shape index (κ2) is 10.7. The quantitative estimate of drug-likeness (QED) is 0.256. The van der Waals surface area contributed by atoms with Gasteiger partial charge in [0, 0.05) is 11.3 Å². The first kappa shape index (κ1) is 28.7. The van der Waals surface area contributed by atoms with Crippen LogP contribution < -0.4 is 0 Å². The molecule has 0 amide bonds. The van der Waals surface area contributed by atoms with Gasteiger partial charge in [0.15, 0.2) is 0 Å². The van der Waals surface area contributed by atoms with Gasteiger partial charge in [0.25, 0.3) is 0 Å². The number of hydrogen-bond donors (Lipinski definition) is 0. The lowest BCUT2D eigenvalue weighted by atomic mass is 9.64. The van der Waals surface area contributed by atoms with Gasteiger partial charge >= 0.3 is 0 Å². The Bertz CT molecular complexity index is 1560. The molecule has 0 radical (unpaired) electrons. The fourth-order valence-electron chi connectivity index (χ4n) is 7.48. The van der Waals surface area contributed by atoms with Gasteiger partial charge in [-0.3, -0.25) is 0 Å². The Morgan fingerprint density at radius 2 is 1.36 bits per heavy atom. The van der Waals surface area contributed by atoms with E-state index < -0.39 is 0 Å². The van der Waals surface area contributed by atoms with Gasteiger partial charge in [-0.15, -0.1) is 0 Å². The van der Waals surface area contributed by atoms with E-state index in [0.29, 0.717) is 5.92 Å². The summed E-state index contributed by atoms with van der Waals surface area (Å²) in [5.41, 5.74) is 14.9. The molecule has 3 aliphatic carbocycles. The van der Waals surface area contributed by atoms with Crippen molar-refractivity contribution in [1.82, 2.24) is 0 Å². The van der Waals surface area contributed by atoms with Gasteiger partial charge in [0.2, 0.25) is 0 Å². The molecule has 0 heterocycles. The molecule has 0 saturated heterocycles. The zero-order valence-corrected chi connectivity index (χ0v) is 26.9. The van der Waals surface area contributed by atoms with Crippen LogP contribution in [0.4, 0.5) is 0 Å². The Labute approximate surface area is 255 Å². The fraction of sp³-hybridized carbons (Fsp3) is 0.381. The predicted octanol–water partition coefficient (Wildman–Crippen LogP) is 11.7. The molecule has 1 atom stereocenters. The summed E-state index contributed by atoms with van der Waals surface area (Å²) in [7, 11) is 0. The maximum Gasteiger partial charge on any atom is 0.0196 e. The third-order valence-corrected chi connectivity index (χ3v) is 10.1. The Morgan fingerprint density at radius 3 is 1.95 bits per heavy atom. The molecule has 0 N–H and O–H groups in total. The molecule has 0 saturated carbocycles. The van der Waals surface area contributed by atoms with Crippen molar-refractivity contribution in [2.45, 2.75) is 97.3 Å². The van der Waals surface area contributed by atoms with Gasteiger partial charge < -0.3 is 0 Å². The van der Waals surface area contributed by atoms with E-state index >= 15 is 0 Å². The van der Waals surface area contributed by atoms with Crippen LogP contribution in [0.3, 0.4) is 0 Å². The lowest BCUT2D eigenvalue weighted by Crippen LogP contribution is -2.28. The summed E-state index contributed by atoms with van der Waals surface area (Å²) >= 11 is 0. The standard InChI is InChI=1S/C42H48/c1-40(2,3)32-22-24-35-36-25-23-33(41(4,5)6)28-38(36)39(37(35)27-32)42(7,31-17-11-12-18-31)26-14-8-9-15-29-20-21-30-16-10-13-19-34(29)30/h8-11,13,16-20,22-25,27-28,39H,12,14-15,21,26H2,1-7H3/b9-8+. The van der Waals surface area contributed by atoms with Gasteiger partial charge in [-0.05, 0) is 98.6 Å². The summed E-state index contributed by atoms with van der Waals surface area (Å²) < 4.78 is 0. The third-order valence-electron chi connectivity index (χ3n) is 10.1. The Kier molecular flexibility index (Phi) is 7.33. The molecule has 0 fully saturated rings. The highest BCUT2D eigenvalue weighted by molar-refractivity contribution is 5.81. The Hall–Kier alpha value is -3.38. The second-order valence-electron chi connectivity index (χ2n) is 15.1. The van der Waals surface area contributed by atoms with Crippen molar-refractivity contribution in [3.8, 4) is 11.1 Å². The maximum atomic E-state index is 2.55. The molecular weight excluding hydrogens is 504 g/mol. The molecule has 42 heavy (non-hydrogen) atoms. The monoisotopic (exact) mass is 552 g/mol. The third kappa shape index (κ3) is 5.19. The van der Waals surface area contributed by atoms with Crippen molar-refractivity contribution in [2.24, 2.45) is 5.41 Å². The van der Waals surface area contributed by atoms with Crippen molar-refractivity contribution in [1.29, 1.82) is 0 Å². The first-order valence-electron chi connectivity index (χ1n) is 16.1. The lowest BCUT2D eigenvalue weighted by Gasteiger charge is -2.39. The van der Waals surface area contributed by atoms with E-state index in [2.05, 4.69) is 146 Å². The van der Waals surface area contributed by atoms with Crippen LogP contribution in [0, 0.1) is 5.41 Å². The second-order valence-corrected chi connectivity index (χ2v) is 15.1. The Balaban J connectivity index is 1.36. The van der Waals surface area contributed by atoms with Crippen LogP contribution in [-0.4, -0.2) is 0 Å². The summed E-state index contributed by atoms with van der Waals surface area (Å²) in [6, 6.07) is 23.5. The van der Waals surface area contributed by atoms with Crippen LogP contribution in [0.25, 0.3) is 16.7 Å². The minimum Gasteiger partial charge on any atom is -0.0882 e. The lowest BCUT2D eigenvalue weighted by molar-refractivity contribution is 0.332. The molecule has 0 heteroatoms. The van der Waals surface area contributed by atoms with Crippen LogP contribution in [-0.2, 0) is 17.3 Å². The van der Waals surface area contributed by atoms with Gasteiger partial charge in [0.1, 0.15) is 0 Å². The van der Waals surface area contributed by atoms with Crippen molar-refractivity contribution in [3.63, 3.8) is 0 Å². The van der Waals surface area contributed by atoms with Gasteiger partial charge in [-0.2, -0.15) is 0 Å². The highest BCUT2D eigenvalue weighted by Gasteiger charge is 2.44. The zero-order valence-electron chi connectivity index (χ0n) is 26.9. The van der Waals surface area contributed by atoms with Crippen LogP contribution in [0.5, 0.6) is 0 Å². The average Bonchev–Trinajstić information content (AvgIpc) is 3.69. The van der Waals surface area contributed by atoms with E-state index in [0.717, 1.165) is 32.1 Å². The van der Waals surface area contributed by atoms with E-state index in [1.807, 2.05) is 0 Å². The molecule has 0 spiro atoms. The van der Waals surface area contributed by atoms with E-state index in [-0.39, 0.29) is 16.2 Å². The van der Waals surface area contributed by atoms with E-state index in [1.54, 1.807) is 0 Å². The summed E-state index contributed by atoms with van der Waals surface area (Å²) in [4.78, 5) is 0. The molecule has 3 aliphatic rings. The first-order valence-corrected chi connectivity index (χ1v) is 16.1. The molecule has 0 aromatic heterocycles. The molecule has 0 aliphatic heterocycles. The smallest absolute Gasteiger partial charge is 0.0196 e. The highest BCUT2D eigenvalue weighted by Crippen LogP contribution is 2.59. The van der Waals surface area contributed by atoms with E-state index in [1.165, 1.54) is 55.7 Å². The van der Waals surface area contributed by atoms with Gasteiger partial charge in [-0.1, -0.05) is 146 Å². The molecule has 6 rings (SSSR count). The topological polar surface area (TPSA) is 0 Å². The number of hydrogen-bond acceptors (Lipinski definition) is 0. The van der Waals surface area contributed by atoms with Crippen molar-refractivity contribution < 1.29 is 0 Å². The average molecular weight is 553 g/mol. The van der Waals surface area contributed by atoms with Crippen LogP contribution in [0.1, 0.15) is 113 Å². The number of fused-ring (bicyclic) bond motifs is 4. The van der Waals surface area contributed by atoms with Crippen molar-refractivity contribution in [3.05, 3.63) is 136 Å². The zero-order chi connectivity index (χ0) is 29.7. The normalized spacial score (nSPS) is 17.7. The molecule has 0 nitrogen and oxygen atoms in total. The first-order chi connectivity index (χ1) is 20.0. The van der Waals surface area contributed by atoms with E-state index in [9.17, 15) is 0 Å². The largest absolute Gasteiger partial charge is 0.0882 e. The van der Waals surface area contributed by atoms with Crippen LogP contribution in [0.2, 0.25) is 0 Å². The summed E-state index contributed by atoms with van der Waals surface area (Å²) in [5, 5.41) is 0. The Morgan fingerprint density at radius 1 is 0.714 bits per heavy atom. The van der Waals surface area contributed by atoms with Gasteiger partial charge in [0.05, 0.1) is 0 Å². The molecule has 3 aromatic rings. The summed E-state index contributed by atoms with van der Waals surface area (Å²) in [6.45, 7) is 16.6. The summed E-state index contributed by atoms with van der Waals surface area (Å²) in [5.74, 6) is 0.332. The number of rotatable bonds is 7.